The number of nitro benzene ring substituents is 1. The minimum absolute atomic E-state index is 0.176. The second kappa shape index (κ2) is 5.69. The van der Waals surface area contributed by atoms with E-state index in [2.05, 4.69) is 24.3 Å². The van der Waals surface area contributed by atoms with Crippen LogP contribution in [-0.2, 0) is 5.75 Å². The van der Waals surface area contributed by atoms with Gasteiger partial charge in [0.1, 0.15) is 0 Å². The normalized spacial score (nSPS) is 10.3. The van der Waals surface area contributed by atoms with Crippen molar-refractivity contribution in [3.63, 3.8) is 0 Å². The summed E-state index contributed by atoms with van der Waals surface area (Å²) in [5, 5.41) is 10.9. The molecule has 2 rings (SSSR count). The molecule has 0 N–H and O–H groups in total. The van der Waals surface area contributed by atoms with Crippen LogP contribution in [0, 0.1) is 17.0 Å². The van der Waals surface area contributed by atoms with Crippen LogP contribution in [0.4, 0.5) is 5.69 Å². The smallest absolute Gasteiger partial charge is 0.258 e. The molecule has 0 spiro atoms. The van der Waals surface area contributed by atoms with Gasteiger partial charge in [0.15, 0.2) is 0 Å². The number of benzene rings is 2. The average molecular weight is 259 g/mol. The van der Waals surface area contributed by atoms with Gasteiger partial charge in [0.05, 0.1) is 9.82 Å². The lowest BCUT2D eigenvalue weighted by atomic mass is 10.2. The van der Waals surface area contributed by atoms with E-state index in [9.17, 15) is 10.1 Å². The molecule has 2 aromatic rings. The fraction of sp³-hybridized carbons (Fsp3) is 0.143. The zero-order valence-corrected chi connectivity index (χ0v) is 10.8. The highest BCUT2D eigenvalue weighted by Crippen LogP contribution is 2.30. The molecule has 0 saturated carbocycles. The first kappa shape index (κ1) is 12.6. The lowest BCUT2D eigenvalue weighted by Gasteiger charge is -2.03. The molecule has 2 aromatic carbocycles. The SMILES string of the molecule is Cc1ccc(CSc2ccccc2[N+](=O)[O-])cc1. The summed E-state index contributed by atoms with van der Waals surface area (Å²) in [6.45, 7) is 2.04. The zero-order valence-electron chi connectivity index (χ0n) is 10.00. The quantitative estimate of drug-likeness (QED) is 0.469. The molecule has 0 saturated heterocycles. The molecule has 4 heteroatoms. The molecule has 0 radical (unpaired) electrons. The van der Waals surface area contributed by atoms with Gasteiger partial charge in [-0.25, -0.2) is 0 Å². The summed E-state index contributed by atoms with van der Waals surface area (Å²) in [4.78, 5) is 11.2. The van der Waals surface area contributed by atoms with E-state index in [1.165, 1.54) is 29.0 Å². The largest absolute Gasteiger partial charge is 0.282 e. The number of rotatable bonds is 4. The van der Waals surface area contributed by atoms with Crippen LogP contribution in [0.15, 0.2) is 53.4 Å². The number of nitro groups is 1. The third-order valence-corrected chi connectivity index (χ3v) is 3.71. The predicted molar refractivity (Wildman–Crippen MR) is 73.8 cm³/mol. The Morgan fingerprint density at radius 3 is 2.44 bits per heavy atom. The Kier molecular flexibility index (Phi) is 3.99. The van der Waals surface area contributed by atoms with Crippen molar-refractivity contribution in [1.29, 1.82) is 0 Å². The molecule has 0 aliphatic heterocycles. The van der Waals surface area contributed by atoms with Gasteiger partial charge in [-0.3, -0.25) is 10.1 Å². The Hall–Kier alpha value is -1.81. The standard InChI is InChI=1S/C14H13NO2S/c1-11-6-8-12(9-7-11)10-18-14-5-3-2-4-13(14)15(16)17/h2-9H,10H2,1H3. The number of hydrogen-bond donors (Lipinski definition) is 0. The number of aryl methyl sites for hydroxylation is 1. The molecule has 92 valence electrons. The maximum Gasteiger partial charge on any atom is 0.282 e. The molecular formula is C14H13NO2S. The van der Waals surface area contributed by atoms with Crippen molar-refractivity contribution in [3.8, 4) is 0 Å². The second-order valence-electron chi connectivity index (χ2n) is 4.00. The molecule has 0 bridgehead atoms. The average Bonchev–Trinajstić information content (AvgIpc) is 2.38. The number of para-hydroxylation sites is 1. The molecule has 3 nitrogen and oxygen atoms in total. The van der Waals surface area contributed by atoms with E-state index in [-0.39, 0.29) is 10.6 Å². The Labute approximate surface area is 110 Å². The van der Waals surface area contributed by atoms with E-state index in [0.717, 1.165) is 5.75 Å². The maximum atomic E-state index is 10.9. The number of nitrogens with zero attached hydrogens (tertiary/aromatic N) is 1. The van der Waals surface area contributed by atoms with Crippen LogP contribution >= 0.6 is 11.8 Å². The summed E-state index contributed by atoms with van der Waals surface area (Å²) >= 11 is 1.49. The minimum Gasteiger partial charge on any atom is -0.258 e. The van der Waals surface area contributed by atoms with Crippen LogP contribution in [-0.4, -0.2) is 4.92 Å². The van der Waals surface area contributed by atoms with Gasteiger partial charge < -0.3 is 0 Å². The molecule has 0 amide bonds. The van der Waals surface area contributed by atoms with Gasteiger partial charge in [-0.1, -0.05) is 42.0 Å². The first-order valence-corrected chi connectivity index (χ1v) is 6.57. The summed E-state index contributed by atoms with van der Waals surface area (Å²) < 4.78 is 0. The second-order valence-corrected chi connectivity index (χ2v) is 5.02. The van der Waals surface area contributed by atoms with Gasteiger partial charge in [0, 0.05) is 11.8 Å². The Bertz CT molecular complexity index is 552. The van der Waals surface area contributed by atoms with Gasteiger partial charge in [0.2, 0.25) is 0 Å². The highest BCUT2D eigenvalue weighted by atomic mass is 32.2. The molecule has 0 fully saturated rings. The van der Waals surface area contributed by atoms with Crippen LogP contribution in [0.3, 0.4) is 0 Å². The molecule has 0 atom stereocenters. The van der Waals surface area contributed by atoms with Crippen LogP contribution in [0.2, 0.25) is 0 Å². The lowest BCUT2D eigenvalue weighted by Crippen LogP contribution is -1.90. The fourth-order valence-corrected chi connectivity index (χ4v) is 2.56. The molecule has 0 unspecified atom stereocenters. The van der Waals surface area contributed by atoms with Crippen LogP contribution < -0.4 is 0 Å². The third kappa shape index (κ3) is 3.11. The summed E-state index contributed by atoms with van der Waals surface area (Å²) in [6, 6.07) is 15.0. The fourth-order valence-electron chi connectivity index (χ4n) is 1.58. The summed E-state index contributed by atoms with van der Waals surface area (Å²) in [5.74, 6) is 0.741. The van der Waals surface area contributed by atoms with E-state index in [0.29, 0.717) is 4.90 Å². The molecule has 0 heterocycles. The summed E-state index contributed by atoms with van der Waals surface area (Å²) in [5.41, 5.74) is 2.56. The van der Waals surface area contributed by atoms with Gasteiger partial charge in [-0.15, -0.1) is 11.8 Å². The van der Waals surface area contributed by atoms with Crippen molar-refractivity contribution in [2.45, 2.75) is 17.6 Å². The molecule has 18 heavy (non-hydrogen) atoms. The van der Waals surface area contributed by atoms with Crippen molar-refractivity contribution >= 4 is 17.4 Å². The Morgan fingerprint density at radius 2 is 1.78 bits per heavy atom. The van der Waals surface area contributed by atoms with Crippen molar-refractivity contribution in [1.82, 2.24) is 0 Å². The van der Waals surface area contributed by atoms with Crippen LogP contribution in [0.25, 0.3) is 0 Å². The van der Waals surface area contributed by atoms with Gasteiger partial charge in [0.25, 0.3) is 5.69 Å². The summed E-state index contributed by atoms with van der Waals surface area (Å²) in [7, 11) is 0. The van der Waals surface area contributed by atoms with E-state index < -0.39 is 0 Å². The lowest BCUT2D eigenvalue weighted by molar-refractivity contribution is -0.387. The molecule has 0 aromatic heterocycles. The van der Waals surface area contributed by atoms with Crippen molar-refractivity contribution in [3.05, 3.63) is 69.8 Å². The highest BCUT2D eigenvalue weighted by Gasteiger charge is 2.12. The maximum absolute atomic E-state index is 10.9. The highest BCUT2D eigenvalue weighted by molar-refractivity contribution is 7.98. The topological polar surface area (TPSA) is 43.1 Å². The van der Waals surface area contributed by atoms with Gasteiger partial charge in [-0.05, 0) is 18.6 Å². The summed E-state index contributed by atoms with van der Waals surface area (Å²) in [6.07, 6.45) is 0. The van der Waals surface area contributed by atoms with E-state index in [1.54, 1.807) is 12.1 Å². The molecular weight excluding hydrogens is 246 g/mol. The minimum atomic E-state index is -0.336. The van der Waals surface area contributed by atoms with Crippen LogP contribution in [0.5, 0.6) is 0 Å². The zero-order chi connectivity index (χ0) is 13.0. The van der Waals surface area contributed by atoms with E-state index in [4.69, 9.17) is 0 Å². The number of hydrogen-bond acceptors (Lipinski definition) is 3. The Balaban J connectivity index is 2.10. The number of thioether (sulfide) groups is 1. The predicted octanol–water partition coefficient (Wildman–Crippen LogP) is 4.20. The van der Waals surface area contributed by atoms with Crippen molar-refractivity contribution < 1.29 is 4.92 Å². The first-order chi connectivity index (χ1) is 8.66. The van der Waals surface area contributed by atoms with Gasteiger partial charge >= 0.3 is 0 Å². The van der Waals surface area contributed by atoms with E-state index >= 15 is 0 Å². The van der Waals surface area contributed by atoms with Crippen molar-refractivity contribution in [2.75, 3.05) is 0 Å². The van der Waals surface area contributed by atoms with Gasteiger partial charge in [-0.2, -0.15) is 0 Å². The Morgan fingerprint density at radius 1 is 1.11 bits per heavy atom. The third-order valence-electron chi connectivity index (χ3n) is 2.58. The van der Waals surface area contributed by atoms with Crippen molar-refractivity contribution in [2.24, 2.45) is 0 Å². The van der Waals surface area contributed by atoms with E-state index in [1.807, 2.05) is 13.0 Å². The molecule has 0 aliphatic carbocycles. The van der Waals surface area contributed by atoms with Crippen LogP contribution in [0.1, 0.15) is 11.1 Å². The first-order valence-electron chi connectivity index (χ1n) is 5.58. The molecule has 0 aliphatic rings. The monoisotopic (exact) mass is 259 g/mol.